The number of nitrogens with two attached hydrogens (primary N) is 1. The van der Waals surface area contributed by atoms with Crippen molar-refractivity contribution in [2.45, 2.75) is 36.7 Å². The summed E-state index contributed by atoms with van der Waals surface area (Å²) < 4.78 is 0. The van der Waals surface area contributed by atoms with Crippen molar-refractivity contribution in [2.24, 2.45) is 5.73 Å². The summed E-state index contributed by atoms with van der Waals surface area (Å²) in [6.07, 6.45) is 1.51. The molecule has 11 heteroatoms. The Bertz CT molecular complexity index is 599. The molecule has 0 aromatic heterocycles. The molecule has 1 fully saturated rings. The van der Waals surface area contributed by atoms with Gasteiger partial charge in [-0.25, -0.2) is 0 Å². The van der Waals surface area contributed by atoms with Crippen LogP contribution in [0.2, 0.25) is 0 Å². The van der Waals surface area contributed by atoms with Gasteiger partial charge in [-0.1, -0.05) is 0 Å². The second-order valence-electron chi connectivity index (χ2n) is 5.54. The number of thioether (sulfide) groups is 1. The largest absolute Gasteiger partial charge is 1.00 e. The summed E-state index contributed by atoms with van der Waals surface area (Å²) in [5.41, 5.74) is 5.33. The Labute approximate surface area is 170 Å². The normalized spacial score (nSPS) is 23.1. The van der Waals surface area contributed by atoms with Crippen LogP contribution >= 0.6 is 11.8 Å². The molecule has 4 N–H and O–H groups in total. The van der Waals surface area contributed by atoms with E-state index in [2.05, 4.69) is 5.32 Å². The Morgan fingerprint density at radius 3 is 2.76 bits per heavy atom. The van der Waals surface area contributed by atoms with Crippen LogP contribution in [0.25, 0.3) is 0 Å². The maximum atomic E-state index is 12.2. The molecule has 2 aliphatic rings. The van der Waals surface area contributed by atoms with E-state index in [0.29, 0.717) is 19.1 Å². The van der Waals surface area contributed by atoms with Crippen molar-refractivity contribution in [3.8, 4) is 0 Å². The van der Waals surface area contributed by atoms with Crippen LogP contribution in [0.3, 0.4) is 0 Å². The number of carbonyl (C=O) groups is 4. The molecule has 0 radical (unpaired) electrons. The van der Waals surface area contributed by atoms with E-state index in [9.17, 15) is 29.4 Å². The minimum absolute atomic E-state index is 0. The molecule has 0 spiro atoms. The van der Waals surface area contributed by atoms with Gasteiger partial charge in [0.1, 0.15) is 17.7 Å². The van der Waals surface area contributed by atoms with Gasteiger partial charge in [-0.15, -0.1) is 11.8 Å². The maximum absolute atomic E-state index is 12.2. The number of amides is 2. The van der Waals surface area contributed by atoms with E-state index in [-0.39, 0.29) is 58.9 Å². The quantitative estimate of drug-likeness (QED) is 0.214. The molecule has 2 rings (SSSR count). The molecule has 9 nitrogen and oxygen atoms in total. The first-order valence-electron chi connectivity index (χ1n) is 7.39. The summed E-state index contributed by atoms with van der Waals surface area (Å²) in [5, 5.41) is 22.4. The Morgan fingerprint density at radius 2 is 2.20 bits per heavy atom. The zero-order valence-electron chi connectivity index (χ0n) is 13.8. The number of fused-ring (bicyclic) bond motifs is 1. The van der Waals surface area contributed by atoms with Crippen molar-refractivity contribution in [1.29, 1.82) is 0 Å². The number of β-lactam (4-membered cyclic amide) rings is 1. The summed E-state index contributed by atoms with van der Waals surface area (Å²) in [6.45, 7) is -0.471. The molecular formula is C14H18N3NaO6S. The SMILES string of the molecule is NC(C=O)CCCC(=O)NC1C(=O)N2C(C(=O)[O-])=C(CO)CS[C@@H]12.[Na+]. The fourth-order valence-electron chi connectivity index (χ4n) is 2.61. The van der Waals surface area contributed by atoms with Crippen molar-refractivity contribution < 1.29 is 58.9 Å². The van der Waals surface area contributed by atoms with Crippen LogP contribution in [0, 0.1) is 0 Å². The first kappa shape index (κ1) is 22.1. The minimum atomic E-state index is -1.52. The third-order valence-electron chi connectivity index (χ3n) is 3.86. The van der Waals surface area contributed by atoms with Gasteiger partial charge in [0.2, 0.25) is 5.91 Å². The predicted molar refractivity (Wildman–Crippen MR) is 82.0 cm³/mol. The number of aldehydes is 1. The third kappa shape index (κ3) is 4.83. The smallest absolute Gasteiger partial charge is 0.543 e. The standard InChI is InChI=1S/C14H19N3O6S.Na/c15-8(5-19)2-1-3-9(20)16-10-12(21)17-11(14(22)23)7(4-18)6-24-13(10)17;/h5,8,10,13,18H,1-4,6,15H2,(H,16,20)(H,22,23);/q;+1/p-1/t8?,10?,13-;/m0./s1. The summed E-state index contributed by atoms with van der Waals surface area (Å²) in [5.74, 6) is -2.19. The molecule has 2 aliphatic heterocycles. The van der Waals surface area contributed by atoms with Crippen LogP contribution in [0.15, 0.2) is 11.3 Å². The molecule has 1 saturated heterocycles. The summed E-state index contributed by atoms with van der Waals surface area (Å²) in [7, 11) is 0. The van der Waals surface area contributed by atoms with Crippen LogP contribution < -0.4 is 45.7 Å². The second kappa shape index (κ2) is 9.70. The second-order valence-corrected chi connectivity index (χ2v) is 6.65. The molecule has 2 heterocycles. The van der Waals surface area contributed by atoms with E-state index in [4.69, 9.17) is 5.73 Å². The number of nitrogens with one attached hydrogen (secondary N) is 1. The Hall–Kier alpha value is -0.910. The number of hydrogen-bond acceptors (Lipinski definition) is 8. The van der Waals surface area contributed by atoms with Crippen molar-refractivity contribution in [2.75, 3.05) is 12.4 Å². The molecule has 2 unspecified atom stereocenters. The van der Waals surface area contributed by atoms with Gasteiger partial charge in [0, 0.05) is 12.2 Å². The number of aliphatic hydroxyl groups excluding tert-OH is 1. The number of nitrogens with zero attached hydrogens (tertiary/aromatic N) is 1. The van der Waals surface area contributed by atoms with E-state index in [0.717, 1.165) is 4.90 Å². The molecule has 0 aliphatic carbocycles. The third-order valence-corrected chi connectivity index (χ3v) is 5.20. The number of rotatable bonds is 8. The van der Waals surface area contributed by atoms with Crippen molar-refractivity contribution >= 4 is 35.8 Å². The Balaban J connectivity index is 0.00000312. The van der Waals surface area contributed by atoms with Gasteiger partial charge in [0.15, 0.2) is 0 Å². The van der Waals surface area contributed by atoms with E-state index >= 15 is 0 Å². The fraction of sp³-hybridized carbons (Fsp3) is 0.571. The van der Waals surface area contributed by atoms with E-state index in [1.807, 2.05) is 0 Å². The molecular weight excluding hydrogens is 361 g/mol. The van der Waals surface area contributed by atoms with Gasteiger partial charge in [0.05, 0.1) is 24.3 Å². The van der Waals surface area contributed by atoms with Gasteiger partial charge in [0.25, 0.3) is 5.91 Å². The molecule has 2 amide bonds. The van der Waals surface area contributed by atoms with Crippen molar-refractivity contribution in [3.05, 3.63) is 11.3 Å². The number of carboxylic acids is 1. The maximum Gasteiger partial charge on any atom is 1.00 e. The van der Waals surface area contributed by atoms with Gasteiger partial charge < -0.3 is 30.9 Å². The average Bonchev–Trinajstić information content (AvgIpc) is 2.57. The zero-order chi connectivity index (χ0) is 17.9. The van der Waals surface area contributed by atoms with Gasteiger partial charge in [-0.2, -0.15) is 0 Å². The fourth-order valence-corrected chi connectivity index (χ4v) is 3.94. The topological polar surface area (TPSA) is 153 Å². The van der Waals surface area contributed by atoms with Crippen molar-refractivity contribution in [3.63, 3.8) is 0 Å². The molecule has 0 saturated carbocycles. The monoisotopic (exact) mass is 379 g/mol. The van der Waals surface area contributed by atoms with E-state index in [1.165, 1.54) is 11.8 Å². The van der Waals surface area contributed by atoms with Crippen LogP contribution in [0.1, 0.15) is 19.3 Å². The van der Waals surface area contributed by atoms with E-state index < -0.39 is 35.9 Å². The van der Waals surface area contributed by atoms with Crippen LogP contribution in [0.5, 0.6) is 0 Å². The number of hydrogen-bond donors (Lipinski definition) is 3. The van der Waals surface area contributed by atoms with Crippen LogP contribution in [-0.4, -0.2) is 63.9 Å². The predicted octanol–water partition coefficient (Wildman–Crippen LogP) is -5.92. The minimum Gasteiger partial charge on any atom is -0.543 e. The number of carbonyl (C=O) groups excluding carboxylic acids is 4. The molecule has 132 valence electrons. The Kier molecular flexibility index (Phi) is 8.58. The van der Waals surface area contributed by atoms with Gasteiger partial charge >= 0.3 is 29.6 Å². The molecule has 25 heavy (non-hydrogen) atoms. The number of aliphatic carboxylic acids is 1. The number of carboxylic acid groups (broad SMARTS) is 1. The van der Waals surface area contributed by atoms with Gasteiger partial charge in [-0.3, -0.25) is 14.5 Å². The van der Waals surface area contributed by atoms with Gasteiger partial charge in [-0.05, 0) is 18.4 Å². The average molecular weight is 379 g/mol. The van der Waals surface area contributed by atoms with Crippen molar-refractivity contribution in [1.82, 2.24) is 10.2 Å². The summed E-state index contributed by atoms with van der Waals surface area (Å²) in [4.78, 5) is 46.7. The summed E-state index contributed by atoms with van der Waals surface area (Å²) in [6, 6.07) is -1.42. The van der Waals surface area contributed by atoms with Crippen LogP contribution in [0.4, 0.5) is 0 Å². The molecule has 0 aromatic carbocycles. The molecule has 0 bridgehead atoms. The molecule has 3 atom stereocenters. The van der Waals surface area contributed by atoms with E-state index in [1.54, 1.807) is 0 Å². The zero-order valence-corrected chi connectivity index (χ0v) is 16.6. The molecule has 0 aromatic rings. The Morgan fingerprint density at radius 1 is 1.52 bits per heavy atom. The first-order chi connectivity index (χ1) is 11.4. The summed E-state index contributed by atoms with van der Waals surface area (Å²) >= 11 is 1.27. The van der Waals surface area contributed by atoms with Crippen LogP contribution in [-0.2, 0) is 19.2 Å². The number of aliphatic hydroxyl groups is 1. The first-order valence-corrected chi connectivity index (χ1v) is 8.44.